The maximum atomic E-state index is 11.5. The van der Waals surface area contributed by atoms with Crippen molar-refractivity contribution in [1.82, 2.24) is 9.97 Å². The van der Waals surface area contributed by atoms with E-state index in [1.807, 2.05) is 26.0 Å². The largest absolute Gasteiger partial charge is 0.342 e. The predicted molar refractivity (Wildman–Crippen MR) is 56.5 cm³/mol. The molecule has 1 heterocycles. The summed E-state index contributed by atoms with van der Waals surface area (Å²) in [6.07, 6.45) is 0. The fourth-order valence-corrected chi connectivity index (χ4v) is 1.36. The summed E-state index contributed by atoms with van der Waals surface area (Å²) in [6, 6.07) is 6.97. The smallest absolute Gasteiger partial charge is 0.206 e. The Bertz CT molecular complexity index is 514. The fourth-order valence-electron chi connectivity index (χ4n) is 1.36. The number of nitrogens with one attached hydrogen (secondary N) is 1. The number of imidazole rings is 1. The molecule has 0 aliphatic heterocycles. The van der Waals surface area contributed by atoms with E-state index in [9.17, 15) is 4.79 Å². The third kappa shape index (κ3) is 1.41. The Morgan fingerprint density at radius 2 is 2.00 bits per heavy atom. The topological polar surface area (TPSA) is 45.8 Å². The van der Waals surface area contributed by atoms with Crippen LogP contribution in [-0.2, 0) is 0 Å². The average molecular weight is 188 g/mol. The van der Waals surface area contributed by atoms with Crippen molar-refractivity contribution >= 4 is 11.0 Å². The van der Waals surface area contributed by atoms with Gasteiger partial charge in [-0.3, -0.25) is 4.79 Å². The van der Waals surface area contributed by atoms with Gasteiger partial charge in [-0.15, -0.1) is 0 Å². The summed E-state index contributed by atoms with van der Waals surface area (Å²) in [7, 11) is 0. The van der Waals surface area contributed by atoms with Crippen molar-refractivity contribution in [3.8, 4) is 0 Å². The van der Waals surface area contributed by atoms with Crippen LogP contribution in [0, 0.1) is 0 Å². The minimum atomic E-state index is -0.0341. The Balaban J connectivity index is 2.80. The zero-order valence-corrected chi connectivity index (χ0v) is 8.24. The van der Waals surface area contributed by atoms with E-state index >= 15 is 0 Å². The van der Waals surface area contributed by atoms with E-state index in [0.29, 0.717) is 11.4 Å². The number of hydrogen-bond donors (Lipinski definition) is 1. The minimum absolute atomic E-state index is 0.0341. The molecule has 1 N–H and O–H groups in total. The van der Waals surface area contributed by atoms with Crippen LogP contribution in [0.25, 0.3) is 11.0 Å². The van der Waals surface area contributed by atoms with Gasteiger partial charge in [0, 0.05) is 5.92 Å². The average Bonchev–Trinajstić information content (AvgIpc) is 2.49. The summed E-state index contributed by atoms with van der Waals surface area (Å²) in [5.41, 5.74) is 1.30. The van der Waals surface area contributed by atoms with E-state index in [1.165, 1.54) is 6.07 Å². The van der Waals surface area contributed by atoms with Gasteiger partial charge in [0.25, 0.3) is 0 Å². The van der Waals surface area contributed by atoms with E-state index in [1.54, 1.807) is 6.07 Å². The molecule has 0 fully saturated rings. The molecule has 0 atom stereocenters. The number of aromatic nitrogens is 2. The third-order valence-electron chi connectivity index (χ3n) is 2.15. The van der Waals surface area contributed by atoms with Gasteiger partial charge in [0.1, 0.15) is 11.3 Å². The summed E-state index contributed by atoms with van der Waals surface area (Å²) < 4.78 is 0. The van der Waals surface area contributed by atoms with E-state index in [4.69, 9.17) is 0 Å². The molecule has 3 nitrogen and oxygen atoms in total. The Morgan fingerprint density at radius 3 is 2.71 bits per heavy atom. The van der Waals surface area contributed by atoms with Crippen LogP contribution in [-0.4, -0.2) is 9.97 Å². The van der Waals surface area contributed by atoms with Crippen molar-refractivity contribution in [2.45, 2.75) is 19.8 Å². The second kappa shape index (κ2) is 3.25. The van der Waals surface area contributed by atoms with Gasteiger partial charge in [-0.05, 0) is 12.1 Å². The highest BCUT2D eigenvalue weighted by molar-refractivity contribution is 5.73. The fraction of sp³-hybridized carbons (Fsp3) is 0.273. The first-order valence-corrected chi connectivity index (χ1v) is 4.67. The van der Waals surface area contributed by atoms with Crippen molar-refractivity contribution in [2.75, 3.05) is 0 Å². The van der Waals surface area contributed by atoms with E-state index < -0.39 is 0 Å². The standard InChI is InChI=1S/C11H12N2O/c1-7(2)11-12-8-5-3-4-6-9(14)10(8)13-11/h3-7H,1-2H3,(H,12,13). The molecule has 0 saturated carbocycles. The molecular weight excluding hydrogens is 176 g/mol. The van der Waals surface area contributed by atoms with Gasteiger partial charge in [-0.25, -0.2) is 4.98 Å². The summed E-state index contributed by atoms with van der Waals surface area (Å²) >= 11 is 0. The van der Waals surface area contributed by atoms with Gasteiger partial charge in [-0.1, -0.05) is 26.0 Å². The van der Waals surface area contributed by atoms with Gasteiger partial charge in [0.05, 0.1) is 5.52 Å². The lowest BCUT2D eigenvalue weighted by molar-refractivity contribution is 0.799. The number of nitrogens with zero attached hydrogens (tertiary/aromatic N) is 1. The van der Waals surface area contributed by atoms with Gasteiger partial charge in [-0.2, -0.15) is 0 Å². The molecule has 0 amide bonds. The van der Waals surface area contributed by atoms with Gasteiger partial charge in [0.15, 0.2) is 0 Å². The molecule has 2 rings (SSSR count). The molecule has 72 valence electrons. The molecule has 0 aliphatic rings. The van der Waals surface area contributed by atoms with Crippen LogP contribution >= 0.6 is 0 Å². The van der Waals surface area contributed by atoms with Crippen molar-refractivity contribution in [3.05, 3.63) is 40.3 Å². The number of aromatic amines is 1. The van der Waals surface area contributed by atoms with E-state index in [-0.39, 0.29) is 5.43 Å². The van der Waals surface area contributed by atoms with E-state index in [2.05, 4.69) is 9.97 Å². The second-order valence-electron chi connectivity index (χ2n) is 3.62. The summed E-state index contributed by atoms with van der Waals surface area (Å²) in [5.74, 6) is 1.18. The Morgan fingerprint density at radius 1 is 1.29 bits per heavy atom. The second-order valence-corrected chi connectivity index (χ2v) is 3.62. The first-order valence-electron chi connectivity index (χ1n) is 4.67. The molecule has 0 radical (unpaired) electrons. The molecule has 3 heteroatoms. The van der Waals surface area contributed by atoms with Gasteiger partial charge >= 0.3 is 0 Å². The molecule has 1 aromatic heterocycles. The third-order valence-corrected chi connectivity index (χ3v) is 2.15. The van der Waals surface area contributed by atoms with Crippen LogP contribution in [0.3, 0.4) is 0 Å². The quantitative estimate of drug-likeness (QED) is 0.744. The Hall–Kier alpha value is -1.64. The number of hydrogen-bond acceptors (Lipinski definition) is 2. The molecular formula is C11H12N2O. The van der Waals surface area contributed by atoms with Crippen LogP contribution in [0.5, 0.6) is 0 Å². The molecule has 0 unspecified atom stereocenters. The zero-order chi connectivity index (χ0) is 10.1. The highest BCUT2D eigenvalue weighted by Crippen LogP contribution is 2.13. The molecule has 1 aromatic carbocycles. The molecule has 0 aliphatic carbocycles. The van der Waals surface area contributed by atoms with Crippen LogP contribution in [0.15, 0.2) is 29.1 Å². The summed E-state index contributed by atoms with van der Waals surface area (Å²) in [6.45, 7) is 4.09. The Labute approximate surface area is 81.8 Å². The zero-order valence-electron chi connectivity index (χ0n) is 8.24. The molecule has 0 spiro atoms. The first-order chi connectivity index (χ1) is 6.68. The summed E-state index contributed by atoms with van der Waals surface area (Å²) in [4.78, 5) is 19.0. The lowest BCUT2D eigenvalue weighted by Gasteiger charge is -1.95. The van der Waals surface area contributed by atoms with Crippen molar-refractivity contribution in [3.63, 3.8) is 0 Å². The number of fused-ring (bicyclic) bond motifs is 1. The lowest BCUT2D eigenvalue weighted by atomic mass is 10.2. The molecule has 2 aromatic rings. The lowest BCUT2D eigenvalue weighted by Crippen LogP contribution is -1.95. The highest BCUT2D eigenvalue weighted by atomic mass is 16.1. The normalized spacial score (nSPS) is 11.1. The van der Waals surface area contributed by atoms with Crippen LogP contribution in [0.2, 0.25) is 0 Å². The van der Waals surface area contributed by atoms with Crippen LogP contribution in [0.1, 0.15) is 25.6 Å². The van der Waals surface area contributed by atoms with Crippen molar-refractivity contribution in [1.29, 1.82) is 0 Å². The SMILES string of the molecule is CC(C)c1nc2c(=O)ccccc2[nH]1. The molecule has 0 bridgehead atoms. The number of rotatable bonds is 1. The first kappa shape index (κ1) is 8.94. The predicted octanol–water partition coefficient (Wildman–Crippen LogP) is 2.05. The van der Waals surface area contributed by atoms with Gasteiger partial charge < -0.3 is 4.98 Å². The highest BCUT2D eigenvalue weighted by Gasteiger charge is 2.06. The monoisotopic (exact) mass is 188 g/mol. The minimum Gasteiger partial charge on any atom is -0.342 e. The van der Waals surface area contributed by atoms with Crippen LogP contribution in [0.4, 0.5) is 0 Å². The van der Waals surface area contributed by atoms with Crippen molar-refractivity contribution in [2.24, 2.45) is 0 Å². The maximum Gasteiger partial charge on any atom is 0.206 e. The Kier molecular flexibility index (Phi) is 2.08. The molecule has 0 saturated heterocycles. The van der Waals surface area contributed by atoms with Crippen LogP contribution < -0.4 is 5.43 Å². The molecule has 14 heavy (non-hydrogen) atoms. The summed E-state index contributed by atoms with van der Waals surface area (Å²) in [5, 5.41) is 0. The number of H-pyrrole nitrogens is 1. The van der Waals surface area contributed by atoms with Gasteiger partial charge in [0.2, 0.25) is 5.43 Å². The van der Waals surface area contributed by atoms with Crippen molar-refractivity contribution < 1.29 is 0 Å². The van der Waals surface area contributed by atoms with E-state index in [0.717, 1.165) is 11.3 Å². The maximum absolute atomic E-state index is 11.5.